The van der Waals surface area contributed by atoms with E-state index >= 15 is 0 Å². The van der Waals surface area contributed by atoms with E-state index in [9.17, 15) is 4.79 Å². The van der Waals surface area contributed by atoms with E-state index < -0.39 is 0 Å². The molecule has 0 saturated heterocycles. The van der Waals surface area contributed by atoms with Gasteiger partial charge in [-0.05, 0) is 55.4 Å². The van der Waals surface area contributed by atoms with Crippen molar-refractivity contribution in [2.24, 2.45) is 23.2 Å². The first-order valence-electron chi connectivity index (χ1n) is 6.69. The van der Waals surface area contributed by atoms with E-state index in [0.717, 1.165) is 17.9 Å². The zero-order chi connectivity index (χ0) is 11.9. The topological polar surface area (TPSA) is 17.1 Å². The molecule has 0 aromatic rings. The summed E-state index contributed by atoms with van der Waals surface area (Å²) in [6, 6.07) is 0. The summed E-state index contributed by atoms with van der Waals surface area (Å²) in [6.07, 6.45) is 6.98. The summed E-state index contributed by atoms with van der Waals surface area (Å²) in [5, 5.41) is 0. The highest BCUT2D eigenvalue weighted by molar-refractivity contribution is 5.97. The van der Waals surface area contributed by atoms with Gasteiger partial charge in [-0.1, -0.05) is 26.8 Å². The molecular formula is C15H24O. The van der Waals surface area contributed by atoms with Gasteiger partial charge in [0, 0.05) is 5.92 Å². The highest BCUT2D eigenvalue weighted by Gasteiger charge is 2.55. The van der Waals surface area contributed by atoms with Crippen LogP contribution in [0.2, 0.25) is 0 Å². The molecule has 1 nitrogen and oxygen atoms in total. The number of Topliss-reactive ketones (excluding diaryl/α,β-unsaturated/α-hetero) is 1. The Kier molecular flexibility index (Phi) is 2.98. The van der Waals surface area contributed by atoms with Crippen LogP contribution in [0.3, 0.4) is 0 Å². The maximum atomic E-state index is 12.5. The lowest BCUT2D eigenvalue weighted by Crippen LogP contribution is -2.36. The zero-order valence-corrected chi connectivity index (χ0v) is 11.0. The third-order valence-electron chi connectivity index (χ3n) is 4.98. The molecule has 0 aromatic carbocycles. The van der Waals surface area contributed by atoms with Gasteiger partial charge in [-0.15, -0.1) is 0 Å². The van der Waals surface area contributed by atoms with Crippen LogP contribution in [-0.2, 0) is 4.79 Å². The minimum atomic E-state index is 0.239. The third kappa shape index (κ3) is 1.65. The van der Waals surface area contributed by atoms with E-state index in [2.05, 4.69) is 26.8 Å². The molecule has 0 aliphatic heterocycles. The van der Waals surface area contributed by atoms with E-state index in [4.69, 9.17) is 0 Å². The Bertz CT molecular complexity index is 324. The van der Waals surface area contributed by atoms with Gasteiger partial charge in [0.1, 0.15) is 0 Å². The Labute approximate surface area is 99.3 Å². The van der Waals surface area contributed by atoms with Gasteiger partial charge < -0.3 is 0 Å². The quantitative estimate of drug-likeness (QED) is 0.657. The van der Waals surface area contributed by atoms with Crippen LogP contribution in [0, 0.1) is 23.2 Å². The molecule has 0 N–H and O–H groups in total. The number of carbonyl (C=O) groups excluding carboxylic acids is 1. The minimum Gasteiger partial charge on any atom is -0.294 e. The molecule has 3 unspecified atom stereocenters. The summed E-state index contributed by atoms with van der Waals surface area (Å²) >= 11 is 0. The largest absolute Gasteiger partial charge is 0.294 e. The van der Waals surface area contributed by atoms with Gasteiger partial charge in [-0.25, -0.2) is 0 Å². The molecular weight excluding hydrogens is 196 g/mol. The predicted octanol–water partition coefficient (Wildman–Crippen LogP) is 3.98. The number of ketones is 1. The van der Waals surface area contributed by atoms with Crippen LogP contribution in [0.1, 0.15) is 53.4 Å². The average molecular weight is 220 g/mol. The Hall–Kier alpha value is -0.590. The second kappa shape index (κ2) is 4.01. The molecule has 90 valence electrons. The van der Waals surface area contributed by atoms with Gasteiger partial charge in [0.05, 0.1) is 0 Å². The summed E-state index contributed by atoms with van der Waals surface area (Å²) in [4.78, 5) is 12.5. The number of allylic oxidation sites excluding steroid dienone is 2. The molecule has 3 atom stereocenters. The molecule has 2 aliphatic carbocycles. The maximum absolute atomic E-state index is 12.5. The Balaban J connectivity index is 2.21. The van der Waals surface area contributed by atoms with Crippen LogP contribution in [0.15, 0.2) is 11.6 Å². The Morgan fingerprint density at radius 1 is 1.38 bits per heavy atom. The third-order valence-corrected chi connectivity index (χ3v) is 4.98. The normalized spacial score (nSPS) is 36.8. The average Bonchev–Trinajstić information content (AvgIpc) is 2.75. The molecule has 2 fully saturated rings. The van der Waals surface area contributed by atoms with Crippen molar-refractivity contribution < 1.29 is 4.79 Å². The van der Waals surface area contributed by atoms with Gasteiger partial charge in [0.25, 0.3) is 0 Å². The maximum Gasteiger partial charge on any atom is 0.162 e. The van der Waals surface area contributed by atoms with Gasteiger partial charge in [0.15, 0.2) is 5.78 Å². The van der Waals surface area contributed by atoms with E-state index in [1.54, 1.807) is 0 Å². The van der Waals surface area contributed by atoms with Crippen molar-refractivity contribution in [1.29, 1.82) is 0 Å². The number of hydrogen-bond donors (Lipinski definition) is 0. The lowest BCUT2D eigenvalue weighted by Gasteiger charge is -2.37. The second-order valence-electron chi connectivity index (χ2n) is 6.23. The predicted molar refractivity (Wildman–Crippen MR) is 67.2 cm³/mol. The first-order valence-corrected chi connectivity index (χ1v) is 6.69. The highest BCUT2D eigenvalue weighted by Crippen LogP contribution is 2.59. The fraction of sp³-hybridized carbons (Fsp3) is 0.800. The summed E-state index contributed by atoms with van der Waals surface area (Å²) < 4.78 is 0. The van der Waals surface area contributed by atoms with Crippen LogP contribution >= 0.6 is 0 Å². The van der Waals surface area contributed by atoms with Gasteiger partial charge in [-0.3, -0.25) is 4.79 Å². The number of carbonyl (C=O) groups is 1. The van der Waals surface area contributed by atoms with Crippen LogP contribution in [-0.4, -0.2) is 5.78 Å². The van der Waals surface area contributed by atoms with Crippen molar-refractivity contribution in [2.75, 3.05) is 0 Å². The minimum absolute atomic E-state index is 0.239. The molecule has 2 aliphatic rings. The van der Waals surface area contributed by atoms with Crippen LogP contribution < -0.4 is 0 Å². The molecule has 16 heavy (non-hydrogen) atoms. The second-order valence-corrected chi connectivity index (χ2v) is 6.23. The van der Waals surface area contributed by atoms with Crippen molar-refractivity contribution >= 4 is 5.78 Å². The first-order chi connectivity index (χ1) is 7.48. The van der Waals surface area contributed by atoms with Crippen molar-refractivity contribution in [2.45, 2.75) is 53.4 Å². The van der Waals surface area contributed by atoms with E-state index in [-0.39, 0.29) is 5.41 Å². The first kappa shape index (κ1) is 11.9. The van der Waals surface area contributed by atoms with Crippen molar-refractivity contribution in [3.63, 3.8) is 0 Å². The van der Waals surface area contributed by atoms with Gasteiger partial charge >= 0.3 is 0 Å². The SMILES string of the molecule is CC/C=C(\C)C(=O)C1C2CCC(C2)C1(C)C. The summed E-state index contributed by atoms with van der Waals surface area (Å²) in [5.41, 5.74) is 1.23. The zero-order valence-electron chi connectivity index (χ0n) is 11.0. The highest BCUT2D eigenvalue weighted by atomic mass is 16.1. The molecule has 0 aromatic heterocycles. The molecule has 1 heteroatoms. The van der Waals surface area contributed by atoms with Gasteiger partial charge in [-0.2, -0.15) is 0 Å². The van der Waals surface area contributed by atoms with E-state index in [1.165, 1.54) is 19.3 Å². The summed E-state index contributed by atoms with van der Waals surface area (Å²) in [6.45, 7) is 8.70. The molecule has 2 saturated carbocycles. The van der Waals surface area contributed by atoms with E-state index in [0.29, 0.717) is 17.6 Å². The summed E-state index contributed by atoms with van der Waals surface area (Å²) in [7, 11) is 0. The van der Waals surface area contributed by atoms with E-state index in [1.807, 2.05) is 6.92 Å². The van der Waals surface area contributed by atoms with Crippen LogP contribution in [0.5, 0.6) is 0 Å². The standard InChI is InChI=1S/C15H24O/c1-5-6-10(2)14(16)13-11-7-8-12(9-11)15(13,3)4/h6,11-13H,5,7-9H2,1-4H3/b10-6+. The molecule has 0 heterocycles. The number of rotatable bonds is 3. The Morgan fingerprint density at radius 2 is 2.06 bits per heavy atom. The Morgan fingerprint density at radius 3 is 2.56 bits per heavy atom. The molecule has 2 rings (SSSR count). The molecule has 0 amide bonds. The monoisotopic (exact) mass is 220 g/mol. The molecule has 2 bridgehead atoms. The van der Waals surface area contributed by atoms with Crippen molar-refractivity contribution in [3.05, 3.63) is 11.6 Å². The lowest BCUT2D eigenvalue weighted by atomic mass is 9.66. The van der Waals surface area contributed by atoms with Crippen molar-refractivity contribution in [3.8, 4) is 0 Å². The fourth-order valence-electron chi connectivity index (χ4n) is 4.06. The lowest BCUT2D eigenvalue weighted by molar-refractivity contribution is -0.124. The fourth-order valence-corrected chi connectivity index (χ4v) is 4.06. The number of hydrogen-bond acceptors (Lipinski definition) is 1. The van der Waals surface area contributed by atoms with Crippen molar-refractivity contribution in [1.82, 2.24) is 0 Å². The number of fused-ring (bicyclic) bond motifs is 2. The summed E-state index contributed by atoms with van der Waals surface area (Å²) in [5.74, 6) is 2.20. The smallest absolute Gasteiger partial charge is 0.162 e. The molecule has 0 radical (unpaired) electrons. The van der Waals surface area contributed by atoms with Gasteiger partial charge in [0.2, 0.25) is 0 Å². The molecule has 0 spiro atoms. The van der Waals surface area contributed by atoms with Crippen LogP contribution in [0.25, 0.3) is 0 Å². The van der Waals surface area contributed by atoms with Crippen LogP contribution in [0.4, 0.5) is 0 Å².